The van der Waals surface area contributed by atoms with Crippen molar-refractivity contribution in [3.63, 3.8) is 0 Å². The molecular weight excluding hydrogens is 352 g/mol. The Morgan fingerprint density at radius 2 is 1.61 bits per heavy atom. The lowest BCUT2D eigenvalue weighted by Gasteiger charge is -2.18. The first kappa shape index (κ1) is 21.5. The highest BCUT2D eigenvalue weighted by molar-refractivity contribution is 6.05. The van der Waals surface area contributed by atoms with Gasteiger partial charge in [-0.3, -0.25) is 9.59 Å². The fourth-order valence-corrected chi connectivity index (χ4v) is 2.34. The Balaban J connectivity index is 2.03. The molecule has 0 radical (unpaired) electrons. The minimum absolute atomic E-state index is 0.0813. The van der Waals surface area contributed by atoms with E-state index in [-0.39, 0.29) is 11.8 Å². The van der Waals surface area contributed by atoms with Crippen molar-refractivity contribution >= 4 is 23.2 Å². The first-order valence-electron chi connectivity index (χ1n) is 9.61. The number of carbonyl (C=O) groups is 2. The Kier molecular flexibility index (Phi) is 7.21. The number of hydrogen-bond acceptors (Lipinski definition) is 3. The molecule has 0 fully saturated rings. The van der Waals surface area contributed by atoms with Crippen molar-refractivity contribution in [2.75, 3.05) is 17.2 Å². The number of hydrogen-bond donors (Lipinski definition) is 2. The van der Waals surface area contributed by atoms with Crippen LogP contribution in [0.5, 0.6) is 5.75 Å². The van der Waals surface area contributed by atoms with E-state index in [0.29, 0.717) is 35.2 Å². The van der Waals surface area contributed by atoms with Crippen LogP contribution in [0.4, 0.5) is 11.4 Å². The molecule has 28 heavy (non-hydrogen) atoms. The molecule has 150 valence electrons. The molecule has 0 aliphatic carbocycles. The maximum absolute atomic E-state index is 12.6. The predicted molar refractivity (Wildman–Crippen MR) is 114 cm³/mol. The monoisotopic (exact) mass is 382 g/mol. The standard InChI is InChI=1S/C23H30N2O3/c1-16(2)12-13-28-20-11-6-8-17(14-20)21(26)24-18-9-7-10-19(15-18)25-22(27)23(3,4)5/h6-11,14-16H,12-13H2,1-5H3,(H,24,26)(H,25,27). The first-order chi connectivity index (χ1) is 13.1. The first-order valence-corrected chi connectivity index (χ1v) is 9.61. The van der Waals surface area contributed by atoms with Crippen LogP contribution in [0.3, 0.4) is 0 Å². The molecule has 0 heterocycles. The smallest absolute Gasteiger partial charge is 0.255 e. The van der Waals surface area contributed by atoms with E-state index in [9.17, 15) is 9.59 Å². The third-order valence-corrected chi connectivity index (χ3v) is 4.12. The number of nitrogens with one attached hydrogen (secondary N) is 2. The van der Waals surface area contributed by atoms with E-state index in [1.165, 1.54) is 0 Å². The van der Waals surface area contributed by atoms with Crippen molar-refractivity contribution in [1.29, 1.82) is 0 Å². The average Bonchev–Trinajstić information content (AvgIpc) is 2.61. The lowest BCUT2D eigenvalue weighted by atomic mass is 9.95. The summed E-state index contributed by atoms with van der Waals surface area (Å²) in [6.07, 6.45) is 0.962. The maximum Gasteiger partial charge on any atom is 0.255 e. The fourth-order valence-electron chi connectivity index (χ4n) is 2.34. The van der Waals surface area contributed by atoms with Gasteiger partial charge in [-0.05, 0) is 48.7 Å². The molecule has 0 atom stereocenters. The number of amides is 2. The molecule has 5 heteroatoms. The minimum Gasteiger partial charge on any atom is -0.494 e. The van der Waals surface area contributed by atoms with E-state index >= 15 is 0 Å². The van der Waals surface area contributed by atoms with Crippen molar-refractivity contribution in [2.24, 2.45) is 11.3 Å². The summed E-state index contributed by atoms with van der Waals surface area (Å²) in [5, 5.41) is 5.73. The van der Waals surface area contributed by atoms with Gasteiger partial charge in [0, 0.05) is 22.4 Å². The van der Waals surface area contributed by atoms with Gasteiger partial charge in [0.1, 0.15) is 5.75 Å². The molecule has 2 aromatic carbocycles. The molecular formula is C23H30N2O3. The van der Waals surface area contributed by atoms with E-state index in [2.05, 4.69) is 24.5 Å². The number of benzene rings is 2. The predicted octanol–water partition coefficient (Wildman–Crippen LogP) is 5.35. The molecule has 5 nitrogen and oxygen atoms in total. The van der Waals surface area contributed by atoms with Gasteiger partial charge in [0.05, 0.1) is 6.61 Å². The molecule has 2 N–H and O–H groups in total. The summed E-state index contributed by atoms with van der Waals surface area (Å²) in [6.45, 7) is 10.5. The lowest BCUT2D eigenvalue weighted by molar-refractivity contribution is -0.123. The molecule has 0 aliphatic heterocycles. The lowest BCUT2D eigenvalue weighted by Crippen LogP contribution is -2.27. The van der Waals surface area contributed by atoms with Crippen molar-refractivity contribution in [2.45, 2.75) is 41.0 Å². The second-order valence-electron chi connectivity index (χ2n) is 8.30. The van der Waals surface area contributed by atoms with Crippen LogP contribution in [0.2, 0.25) is 0 Å². The van der Waals surface area contributed by atoms with Crippen LogP contribution in [0, 0.1) is 11.3 Å². The van der Waals surface area contributed by atoms with Gasteiger partial charge < -0.3 is 15.4 Å². The summed E-state index contributed by atoms with van der Waals surface area (Å²) in [5.41, 5.74) is 1.28. The van der Waals surface area contributed by atoms with Gasteiger partial charge in [0.15, 0.2) is 0 Å². The summed E-state index contributed by atoms with van der Waals surface area (Å²) in [7, 11) is 0. The van der Waals surface area contributed by atoms with Crippen molar-refractivity contribution in [1.82, 2.24) is 0 Å². The number of carbonyl (C=O) groups excluding carboxylic acids is 2. The summed E-state index contributed by atoms with van der Waals surface area (Å²) in [6, 6.07) is 14.2. The van der Waals surface area contributed by atoms with Gasteiger partial charge in [-0.15, -0.1) is 0 Å². The maximum atomic E-state index is 12.6. The molecule has 0 aromatic heterocycles. The molecule has 2 aromatic rings. The Hall–Kier alpha value is -2.82. The molecule has 0 saturated carbocycles. The van der Waals surface area contributed by atoms with Crippen LogP contribution < -0.4 is 15.4 Å². The number of rotatable bonds is 7. The van der Waals surface area contributed by atoms with Crippen molar-refractivity contribution < 1.29 is 14.3 Å². The van der Waals surface area contributed by atoms with Crippen LogP contribution in [-0.2, 0) is 4.79 Å². The summed E-state index contributed by atoms with van der Waals surface area (Å²) < 4.78 is 5.73. The second kappa shape index (κ2) is 9.40. The SMILES string of the molecule is CC(C)CCOc1cccc(C(=O)Nc2cccc(NC(=O)C(C)(C)C)c2)c1. The molecule has 0 spiro atoms. The van der Waals surface area contributed by atoms with Gasteiger partial charge in [-0.2, -0.15) is 0 Å². The zero-order chi connectivity index (χ0) is 20.7. The van der Waals surface area contributed by atoms with Crippen LogP contribution in [0.1, 0.15) is 51.4 Å². The van der Waals surface area contributed by atoms with E-state index < -0.39 is 5.41 Å². The molecule has 2 amide bonds. The van der Waals surface area contributed by atoms with E-state index in [4.69, 9.17) is 4.74 Å². The minimum atomic E-state index is -0.491. The summed E-state index contributed by atoms with van der Waals surface area (Å²) >= 11 is 0. The largest absolute Gasteiger partial charge is 0.494 e. The third-order valence-electron chi connectivity index (χ3n) is 4.12. The van der Waals surface area contributed by atoms with Crippen LogP contribution in [0.25, 0.3) is 0 Å². The zero-order valence-corrected chi connectivity index (χ0v) is 17.3. The van der Waals surface area contributed by atoms with Crippen molar-refractivity contribution in [3.8, 4) is 5.75 Å². The van der Waals surface area contributed by atoms with Gasteiger partial charge in [0.25, 0.3) is 5.91 Å². The number of ether oxygens (including phenoxy) is 1. The number of anilines is 2. The Morgan fingerprint density at radius 1 is 0.964 bits per heavy atom. The molecule has 0 saturated heterocycles. The van der Waals surface area contributed by atoms with Crippen LogP contribution >= 0.6 is 0 Å². The average molecular weight is 383 g/mol. The fraction of sp³-hybridized carbons (Fsp3) is 0.391. The summed E-state index contributed by atoms with van der Waals surface area (Å²) in [4.78, 5) is 24.7. The highest BCUT2D eigenvalue weighted by Crippen LogP contribution is 2.21. The van der Waals surface area contributed by atoms with E-state index in [1.54, 1.807) is 42.5 Å². The van der Waals surface area contributed by atoms with Gasteiger partial charge in [-0.25, -0.2) is 0 Å². The van der Waals surface area contributed by atoms with Gasteiger partial charge >= 0.3 is 0 Å². The second-order valence-corrected chi connectivity index (χ2v) is 8.30. The molecule has 0 aliphatic rings. The molecule has 0 unspecified atom stereocenters. The molecule has 0 bridgehead atoms. The van der Waals surface area contributed by atoms with Crippen LogP contribution in [0.15, 0.2) is 48.5 Å². The van der Waals surface area contributed by atoms with E-state index in [0.717, 1.165) is 6.42 Å². The topological polar surface area (TPSA) is 67.4 Å². The van der Waals surface area contributed by atoms with Gasteiger partial charge in [0.2, 0.25) is 5.91 Å². The molecule has 2 rings (SSSR count). The summed E-state index contributed by atoms with van der Waals surface area (Å²) in [5.74, 6) is 0.938. The zero-order valence-electron chi connectivity index (χ0n) is 17.3. The Bertz CT molecular complexity index is 823. The van der Waals surface area contributed by atoms with Crippen molar-refractivity contribution in [3.05, 3.63) is 54.1 Å². The normalized spacial score (nSPS) is 11.2. The van der Waals surface area contributed by atoms with E-state index in [1.807, 2.05) is 26.8 Å². The highest BCUT2D eigenvalue weighted by Gasteiger charge is 2.21. The highest BCUT2D eigenvalue weighted by atomic mass is 16.5. The quantitative estimate of drug-likeness (QED) is 0.678. The Labute approximate surface area is 167 Å². The van der Waals surface area contributed by atoms with Crippen LogP contribution in [-0.4, -0.2) is 18.4 Å². The third kappa shape index (κ3) is 6.72. The Morgan fingerprint density at radius 3 is 2.25 bits per heavy atom. The van der Waals surface area contributed by atoms with Gasteiger partial charge in [-0.1, -0.05) is 46.8 Å².